The second kappa shape index (κ2) is 7.04. The minimum absolute atomic E-state index is 0.00341. The molecule has 2 aliphatic rings. The van der Waals surface area contributed by atoms with Gasteiger partial charge in [0.15, 0.2) is 17.3 Å². The van der Waals surface area contributed by atoms with Crippen molar-refractivity contribution in [1.82, 2.24) is 10.2 Å². The van der Waals surface area contributed by atoms with Crippen LogP contribution in [0, 0.1) is 5.92 Å². The molecule has 0 radical (unpaired) electrons. The molecule has 6 nitrogen and oxygen atoms in total. The Morgan fingerprint density at radius 3 is 2.76 bits per heavy atom. The molecule has 1 N–H and O–H groups in total. The van der Waals surface area contributed by atoms with Gasteiger partial charge in [0.25, 0.3) is 0 Å². The predicted molar refractivity (Wildman–Crippen MR) is 94.0 cm³/mol. The van der Waals surface area contributed by atoms with Crippen LogP contribution in [0.4, 0.5) is 0 Å². The van der Waals surface area contributed by atoms with E-state index in [2.05, 4.69) is 10.2 Å². The summed E-state index contributed by atoms with van der Waals surface area (Å²) in [5.41, 5.74) is 0.407. The molecule has 0 spiro atoms. The largest absolute Gasteiger partial charge is 0.454 e. The lowest BCUT2D eigenvalue weighted by atomic mass is 9.90. The zero-order valence-electron chi connectivity index (χ0n) is 15.1. The number of hydrogen-bond donors (Lipinski definition) is 1. The number of ketones is 1. The zero-order chi connectivity index (χ0) is 18.0. The molecule has 1 amide bonds. The Labute approximate surface area is 148 Å². The fourth-order valence-corrected chi connectivity index (χ4v) is 3.36. The van der Waals surface area contributed by atoms with Crippen molar-refractivity contribution in [1.29, 1.82) is 0 Å². The van der Waals surface area contributed by atoms with E-state index in [1.165, 1.54) is 0 Å². The van der Waals surface area contributed by atoms with Crippen LogP contribution < -0.4 is 14.8 Å². The number of likely N-dealkylation sites (tertiary alicyclic amines) is 1. The summed E-state index contributed by atoms with van der Waals surface area (Å²) in [6, 6.07) is 5.34. The van der Waals surface area contributed by atoms with Crippen molar-refractivity contribution >= 4 is 11.7 Å². The summed E-state index contributed by atoms with van der Waals surface area (Å²) >= 11 is 0. The first kappa shape index (κ1) is 17.7. The molecule has 136 valence electrons. The maximum atomic E-state index is 12.8. The number of Topliss-reactive ketones (excluding diaryl/α,β-unsaturated/α-hetero) is 1. The monoisotopic (exact) mass is 346 g/mol. The van der Waals surface area contributed by atoms with Gasteiger partial charge in [0.2, 0.25) is 12.7 Å². The maximum absolute atomic E-state index is 12.8. The first-order valence-corrected chi connectivity index (χ1v) is 8.79. The smallest absolute Gasteiger partial charge is 0.234 e. The Morgan fingerprint density at radius 1 is 1.24 bits per heavy atom. The number of fused-ring (bicyclic) bond motifs is 1. The number of ether oxygens (including phenoxy) is 2. The Balaban J connectivity index is 1.61. The lowest BCUT2D eigenvalue weighted by molar-refractivity contribution is -0.124. The van der Waals surface area contributed by atoms with Crippen molar-refractivity contribution in [3.05, 3.63) is 23.8 Å². The van der Waals surface area contributed by atoms with Crippen molar-refractivity contribution in [3.63, 3.8) is 0 Å². The molecule has 0 bridgehead atoms. The van der Waals surface area contributed by atoms with Gasteiger partial charge >= 0.3 is 0 Å². The fraction of sp³-hybridized carbons (Fsp3) is 0.579. The number of rotatable bonds is 4. The molecule has 0 unspecified atom stereocenters. The normalized spacial score (nSPS) is 20.4. The van der Waals surface area contributed by atoms with Gasteiger partial charge in [0.1, 0.15) is 0 Å². The molecule has 25 heavy (non-hydrogen) atoms. The highest BCUT2D eigenvalue weighted by molar-refractivity contribution is 5.98. The van der Waals surface area contributed by atoms with Crippen LogP contribution in [0.15, 0.2) is 18.2 Å². The summed E-state index contributed by atoms with van der Waals surface area (Å²) in [6.45, 7) is 7.90. The first-order chi connectivity index (χ1) is 11.8. The number of hydrogen-bond acceptors (Lipinski definition) is 5. The maximum Gasteiger partial charge on any atom is 0.234 e. The third kappa shape index (κ3) is 4.51. The Kier molecular flexibility index (Phi) is 4.99. The number of benzene rings is 1. The van der Waals surface area contributed by atoms with E-state index in [1.54, 1.807) is 18.2 Å². The summed E-state index contributed by atoms with van der Waals surface area (Å²) < 4.78 is 10.7. The molecular formula is C19H26N2O4. The number of nitrogens with zero attached hydrogens (tertiary/aromatic N) is 1. The van der Waals surface area contributed by atoms with Crippen LogP contribution in [-0.4, -0.2) is 48.6 Å². The van der Waals surface area contributed by atoms with Gasteiger partial charge in [-0.15, -0.1) is 0 Å². The minimum Gasteiger partial charge on any atom is -0.454 e. The Bertz CT molecular complexity index is 666. The molecule has 2 heterocycles. The topological polar surface area (TPSA) is 67.9 Å². The van der Waals surface area contributed by atoms with Crippen LogP contribution in [0.3, 0.4) is 0 Å². The van der Waals surface area contributed by atoms with E-state index >= 15 is 0 Å². The molecule has 0 saturated carbocycles. The van der Waals surface area contributed by atoms with Gasteiger partial charge in [-0.3, -0.25) is 14.5 Å². The van der Waals surface area contributed by atoms with Gasteiger partial charge in [0.05, 0.1) is 6.54 Å². The third-order valence-corrected chi connectivity index (χ3v) is 4.42. The molecule has 0 aromatic heterocycles. The summed E-state index contributed by atoms with van der Waals surface area (Å²) in [4.78, 5) is 27.0. The molecule has 6 heteroatoms. The van der Waals surface area contributed by atoms with E-state index < -0.39 is 0 Å². The minimum atomic E-state index is -0.241. The molecule has 0 aliphatic carbocycles. The van der Waals surface area contributed by atoms with Gasteiger partial charge in [-0.25, -0.2) is 0 Å². The SMILES string of the molecule is CC(C)(C)NC(=O)CN1CCC[C@H](C(=O)c2ccc3c(c2)OCO3)C1. The van der Waals surface area contributed by atoms with E-state index in [4.69, 9.17) is 9.47 Å². The van der Waals surface area contributed by atoms with Crippen LogP contribution in [-0.2, 0) is 4.79 Å². The van der Waals surface area contributed by atoms with Crippen LogP contribution in [0.2, 0.25) is 0 Å². The second-order valence-corrected chi connectivity index (χ2v) is 7.80. The summed E-state index contributed by atoms with van der Waals surface area (Å²) in [6.07, 6.45) is 1.77. The fourth-order valence-electron chi connectivity index (χ4n) is 3.36. The predicted octanol–water partition coefficient (Wildman–Crippen LogP) is 2.22. The van der Waals surface area contributed by atoms with Gasteiger partial charge in [-0.2, -0.15) is 0 Å². The van der Waals surface area contributed by atoms with Crippen molar-refractivity contribution in [2.24, 2.45) is 5.92 Å². The second-order valence-electron chi connectivity index (χ2n) is 7.80. The number of carbonyl (C=O) groups excluding carboxylic acids is 2. The van der Waals surface area contributed by atoms with Gasteiger partial charge in [-0.1, -0.05) is 0 Å². The molecule has 1 atom stereocenters. The van der Waals surface area contributed by atoms with E-state index in [0.29, 0.717) is 30.2 Å². The average molecular weight is 346 g/mol. The molecule has 1 fully saturated rings. The van der Waals surface area contributed by atoms with Crippen molar-refractivity contribution < 1.29 is 19.1 Å². The zero-order valence-corrected chi connectivity index (χ0v) is 15.1. The highest BCUT2D eigenvalue weighted by Gasteiger charge is 2.29. The summed E-state index contributed by atoms with van der Waals surface area (Å²) in [5.74, 6) is 1.34. The number of carbonyl (C=O) groups is 2. The van der Waals surface area contributed by atoms with E-state index in [0.717, 1.165) is 19.4 Å². The Morgan fingerprint density at radius 2 is 2.00 bits per heavy atom. The van der Waals surface area contributed by atoms with Crippen LogP contribution in [0.25, 0.3) is 0 Å². The average Bonchev–Trinajstić information content (AvgIpc) is 3.00. The summed E-state index contributed by atoms with van der Waals surface area (Å²) in [7, 11) is 0. The van der Waals surface area contributed by atoms with E-state index in [-0.39, 0.29) is 29.9 Å². The first-order valence-electron chi connectivity index (χ1n) is 8.79. The molecule has 1 aromatic rings. The van der Waals surface area contributed by atoms with E-state index in [9.17, 15) is 9.59 Å². The van der Waals surface area contributed by atoms with Gasteiger partial charge in [-0.05, 0) is 58.4 Å². The summed E-state index contributed by atoms with van der Waals surface area (Å²) in [5, 5.41) is 2.97. The molecule has 2 aliphatic heterocycles. The lowest BCUT2D eigenvalue weighted by Gasteiger charge is -2.32. The van der Waals surface area contributed by atoms with Crippen molar-refractivity contribution in [2.45, 2.75) is 39.2 Å². The lowest BCUT2D eigenvalue weighted by Crippen LogP contribution is -2.48. The highest BCUT2D eigenvalue weighted by Crippen LogP contribution is 2.33. The quantitative estimate of drug-likeness (QED) is 0.847. The third-order valence-electron chi connectivity index (χ3n) is 4.42. The number of piperidine rings is 1. The number of nitrogens with one attached hydrogen (secondary N) is 1. The van der Waals surface area contributed by atoms with E-state index in [1.807, 2.05) is 20.8 Å². The Hall–Kier alpha value is -2.08. The molecule has 1 saturated heterocycles. The molecule has 1 aromatic carbocycles. The highest BCUT2D eigenvalue weighted by atomic mass is 16.7. The van der Waals surface area contributed by atoms with Crippen LogP contribution in [0.5, 0.6) is 11.5 Å². The van der Waals surface area contributed by atoms with Crippen molar-refractivity contribution in [2.75, 3.05) is 26.4 Å². The van der Waals surface area contributed by atoms with Crippen LogP contribution >= 0.6 is 0 Å². The van der Waals surface area contributed by atoms with Gasteiger partial charge < -0.3 is 14.8 Å². The molecular weight excluding hydrogens is 320 g/mol. The van der Waals surface area contributed by atoms with Crippen molar-refractivity contribution in [3.8, 4) is 11.5 Å². The standard InChI is InChI=1S/C19H26N2O4/c1-19(2,3)20-17(22)11-21-8-4-5-14(10-21)18(23)13-6-7-15-16(9-13)25-12-24-15/h6-7,9,14H,4-5,8,10-12H2,1-3H3,(H,20,22)/t14-/m0/s1. The number of amides is 1. The molecule has 3 rings (SSSR count). The van der Waals surface area contributed by atoms with Crippen LogP contribution in [0.1, 0.15) is 44.0 Å². The van der Waals surface area contributed by atoms with Gasteiger partial charge in [0, 0.05) is 23.6 Å².